The van der Waals surface area contributed by atoms with Crippen LogP contribution in [0.5, 0.6) is 0 Å². The number of carbonyl (C=O) groups excluding carboxylic acids is 3. The van der Waals surface area contributed by atoms with Gasteiger partial charge in [0.1, 0.15) is 36.3 Å². The first-order valence-corrected chi connectivity index (χ1v) is 20.0. The highest BCUT2D eigenvalue weighted by Gasteiger charge is 2.50. The van der Waals surface area contributed by atoms with E-state index in [-0.39, 0.29) is 47.1 Å². The number of anilines is 1. The predicted octanol–water partition coefficient (Wildman–Crippen LogP) is -2.14. The molecule has 296 valence electrons. The summed E-state index contributed by atoms with van der Waals surface area (Å²) in [6.45, 7) is 1.90. The molecule has 3 unspecified atom stereocenters. The summed E-state index contributed by atoms with van der Waals surface area (Å²) in [7, 11) is -16.4. The molecule has 1 fully saturated rings. The first-order chi connectivity index (χ1) is 23.5. The lowest BCUT2D eigenvalue weighted by Crippen LogP contribution is -2.46. The van der Waals surface area contributed by atoms with Gasteiger partial charge in [-0.25, -0.2) is 28.6 Å². The normalized spacial score (nSPS) is 22.2. The van der Waals surface area contributed by atoms with E-state index >= 15 is 0 Å². The molecule has 2 aromatic heterocycles. The fourth-order valence-electron chi connectivity index (χ4n) is 4.32. The highest BCUT2D eigenvalue weighted by molar-refractivity contribution is 8.13. The zero-order valence-corrected chi connectivity index (χ0v) is 31.1. The van der Waals surface area contributed by atoms with Crippen molar-refractivity contribution in [2.24, 2.45) is 5.41 Å². The molecule has 3 heterocycles. The van der Waals surface area contributed by atoms with Crippen molar-refractivity contribution in [2.75, 3.05) is 37.8 Å². The molecule has 2 amide bonds. The Hall–Kier alpha value is -2.48. The minimum absolute atomic E-state index is 0. The number of nitrogens with one attached hydrogen (secondary N) is 2. The monoisotopic (exact) mass is 827 g/mol. The molecule has 0 aromatic carbocycles. The second-order valence-electron chi connectivity index (χ2n) is 11.4. The minimum atomic E-state index is -5.56. The van der Waals surface area contributed by atoms with Gasteiger partial charge in [0.05, 0.1) is 19.5 Å². The molecule has 3 rings (SSSR count). The largest absolute Gasteiger partial charge is 0.481 e. The topological polar surface area (TPSA) is 395 Å². The third kappa shape index (κ3) is 13.4. The van der Waals surface area contributed by atoms with Crippen molar-refractivity contribution in [3.05, 3.63) is 12.7 Å². The average Bonchev–Trinajstić information content (AvgIpc) is 3.57. The zero-order chi connectivity index (χ0) is 38.4. The molecular weight excluding hydrogens is 787 g/mol. The number of phosphoric ester groups is 3. The van der Waals surface area contributed by atoms with Crippen molar-refractivity contribution in [3.8, 4) is 0 Å². The summed E-state index contributed by atoms with van der Waals surface area (Å²) in [5.41, 5.74) is 4.26. The Morgan fingerprint density at radius 1 is 1.08 bits per heavy atom. The molecule has 7 atom stereocenters. The van der Waals surface area contributed by atoms with E-state index in [0.717, 1.165) is 29.0 Å². The van der Waals surface area contributed by atoms with Gasteiger partial charge < -0.3 is 56.4 Å². The van der Waals surface area contributed by atoms with Gasteiger partial charge in [-0.1, -0.05) is 25.6 Å². The summed E-state index contributed by atoms with van der Waals surface area (Å²) < 4.78 is 61.8. The molecule has 0 saturated carbocycles. The fraction of sp³-hybridized carbons (Fsp3) is 0.652. The van der Waals surface area contributed by atoms with E-state index in [9.17, 15) is 57.9 Å². The van der Waals surface area contributed by atoms with Crippen molar-refractivity contribution in [2.45, 2.75) is 57.8 Å². The fourth-order valence-corrected chi connectivity index (χ4v) is 7.65. The minimum Gasteiger partial charge on any atom is -0.412 e. The van der Waals surface area contributed by atoms with E-state index in [1.165, 1.54) is 20.8 Å². The van der Waals surface area contributed by atoms with Crippen LogP contribution in [-0.2, 0) is 50.7 Å². The molecule has 12 N–H and O–H groups in total. The first kappa shape index (κ1) is 45.7. The maximum atomic E-state index is 12.6. The highest BCUT2D eigenvalue weighted by atomic mass is 32.2. The molecule has 0 radical (unpaired) electrons. The van der Waals surface area contributed by atoms with E-state index < -0.39 is 84.6 Å². The van der Waals surface area contributed by atoms with Gasteiger partial charge >= 0.3 is 23.5 Å². The first-order valence-electron chi connectivity index (χ1n) is 14.5. The van der Waals surface area contributed by atoms with Crippen LogP contribution in [-0.4, -0.2) is 128 Å². The van der Waals surface area contributed by atoms with Gasteiger partial charge in [-0.05, 0) is 0 Å². The number of aliphatic hydroxyl groups excluding tert-OH is 2. The van der Waals surface area contributed by atoms with Gasteiger partial charge in [0, 0.05) is 37.6 Å². The van der Waals surface area contributed by atoms with Crippen molar-refractivity contribution >= 4 is 69.1 Å². The van der Waals surface area contributed by atoms with Crippen LogP contribution in [0.25, 0.3) is 11.2 Å². The second-order valence-corrected chi connectivity index (χ2v) is 16.9. The van der Waals surface area contributed by atoms with Gasteiger partial charge in [0.25, 0.3) is 0 Å². The number of amides is 2. The van der Waals surface area contributed by atoms with Crippen molar-refractivity contribution < 1.29 is 86.0 Å². The van der Waals surface area contributed by atoms with Gasteiger partial charge in [-0.15, -0.1) is 0 Å². The molecule has 0 bridgehead atoms. The number of nitrogen functional groups attached to an aromatic ring is 1. The Bertz CT molecular complexity index is 1710. The third-order valence-electron chi connectivity index (χ3n) is 6.81. The number of nitrogens with two attached hydrogens (primary N) is 1. The van der Waals surface area contributed by atoms with Gasteiger partial charge in [0.2, 0.25) is 11.8 Å². The number of phosphoric acid groups is 3. The molecule has 2 aromatic rings. The average molecular weight is 828 g/mol. The number of aliphatic hydroxyl groups is 2. The summed E-state index contributed by atoms with van der Waals surface area (Å²) in [6, 6.07) is 0. The van der Waals surface area contributed by atoms with E-state index in [2.05, 4.69) is 34.4 Å². The summed E-state index contributed by atoms with van der Waals surface area (Å²) >= 11 is 1.03. The molecule has 52 heavy (non-hydrogen) atoms. The maximum Gasteiger partial charge on any atom is 0.481 e. The van der Waals surface area contributed by atoms with E-state index in [1.54, 1.807) is 0 Å². The number of rotatable bonds is 19. The molecule has 1 saturated heterocycles. The van der Waals surface area contributed by atoms with Crippen LogP contribution < -0.4 is 16.4 Å². The summed E-state index contributed by atoms with van der Waals surface area (Å²) in [5.74, 6) is -1.08. The Morgan fingerprint density at radius 2 is 1.73 bits per heavy atom. The number of thioether (sulfide) groups is 1. The molecule has 0 spiro atoms. The van der Waals surface area contributed by atoms with Crippen LogP contribution in [0, 0.1) is 5.41 Å². The van der Waals surface area contributed by atoms with Gasteiger partial charge in [-0.2, -0.15) is 4.31 Å². The van der Waals surface area contributed by atoms with Crippen LogP contribution >= 0.6 is 35.2 Å². The van der Waals surface area contributed by atoms with Gasteiger partial charge in [-0.3, -0.25) is 32.5 Å². The van der Waals surface area contributed by atoms with Crippen molar-refractivity contribution in [1.82, 2.24) is 30.2 Å². The lowest BCUT2D eigenvalue weighted by atomic mass is 9.87. The molecule has 29 heteroatoms. The zero-order valence-electron chi connectivity index (χ0n) is 27.6. The lowest BCUT2D eigenvalue weighted by Gasteiger charge is -2.30. The van der Waals surface area contributed by atoms with Crippen LogP contribution in [0.1, 0.15) is 33.4 Å². The quantitative estimate of drug-likeness (QED) is 0.0539. The Labute approximate surface area is 298 Å². The van der Waals surface area contributed by atoms with Crippen LogP contribution in [0.3, 0.4) is 0 Å². The van der Waals surface area contributed by atoms with Crippen LogP contribution in [0.2, 0.25) is 0 Å². The number of nitrogens with zero attached hydrogens (tertiary/aromatic N) is 4. The highest BCUT2D eigenvalue weighted by Crippen LogP contribution is 2.61. The molecule has 0 aliphatic carbocycles. The molecule has 1 aliphatic heterocycles. The summed E-state index contributed by atoms with van der Waals surface area (Å²) in [6.07, 6.45) is -6.88. The lowest BCUT2D eigenvalue weighted by molar-refractivity contribution is -0.137. The number of fused-ring (bicyclic) bond motifs is 1. The number of ether oxygens (including phenoxy) is 1. The number of imidazole rings is 1. The van der Waals surface area contributed by atoms with E-state index in [4.69, 9.17) is 19.5 Å². The van der Waals surface area contributed by atoms with Crippen LogP contribution in [0.4, 0.5) is 5.82 Å². The van der Waals surface area contributed by atoms with E-state index in [0.29, 0.717) is 5.75 Å². The molecule has 25 nitrogen and oxygen atoms in total. The second kappa shape index (κ2) is 18.7. The predicted molar refractivity (Wildman–Crippen MR) is 176 cm³/mol. The van der Waals surface area contributed by atoms with E-state index in [1.807, 2.05) is 0 Å². The number of hydrogen-bond acceptors (Lipinski definition) is 18. The number of carbonyl (C=O) groups is 3. The molecular formula is C23H40N7O18P3S. The summed E-state index contributed by atoms with van der Waals surface area (Å²) in [5, 5.41) is 26.1. The smallest absolute Gasteiger partial charge is 0.412 e. The van der Waals surface area contributed by atoms with Crippen LogP contribution in [0.15, 0.2) is 12.7 Å². The number of aromatic nitrogens is 4. The third-order valence-corrected chi connectivity index (χ3v) is 10.7. The standard InChI is InChI=1S/C23H38N7O17P3S.H2O/c1-12(31)51-7-6-25-14(32)4-5-26-21(35)18(34)23(2,3)9-44-50(41,42)47-49(39,40)43-8-13-17(46-48(36,37)38)16(33)22(45-13)30-11-29-15-19(24)27-10-28-20(15)30;/h10-11,13,16-18,22,33-34H,4-9H2,1-3H3,(H,25,32)(H,26,35)(H,39,40)(H,41,42)(H2,24,27,28)(H2,36,37,38);1H2/t13-,16-,17-,18?,22-;/m1./s1. The summed E-state index contributed by atoms with van der Waals surface area (Å²) in [4.78, 5) is 85.9. The Kier molecular flexibility index (Phi) is 16.4. The van der Waals surface area contributed by atoms with Gasteiger partial charge in [0.15, 0.2) is 22.8 Å². The number of hydrogen-bond donors (Lipinski definition) is 9. The SMILES string of the molecule is CC(=O)SCCNC(=O)CCNC(=O)C(O)C(C)(C)COP(=O)(O)OP(=O)(O)OC[C@H]1O[C@@H](n2cnc3c(N)ncnc32)[C@H](O)[C@@H]1OP(=O)(O)O.O. The maximum absolute atomic E-state index is 12.6. The Morgan fingerprint density at radius 3 is 2.37 bits per heavy atom. The van der Waals surface area contributed by atoms with Crippen molar-refractivity contribution in [1.29, 1.82) is 0 Å². The Balaban J connectivity index is 0.00000936. The molecule has 1 aliphatic rings. The van der Waals surface area contributed by atoms with Crippen molar-refractivity contribution in [3.63, 3.8) is 0 Å².